The minimum Gasteiger partial charge on any atom is -0.457 e. The van der Waals surface area contributed by atoms with Crippen LogP contribution in [0.25, 0.3) is 5.69 Å². The van der Waals surface area contributed by atoms with Crippen LogP contribution in [0.3, 0.4) is 0 Å². The molecule has 5 rings (SSSR count). The Balaban J connectivity index is 1.29. The normalized spacial score (nSPS) is 13.2. The summed E-state index contributed by atoms with van der Waals surface area (Å²) in [6.45, 7) is 0. The van der Waals surface area contributed by atoms with Crippen LogP contribution < -0.4 is 20.7 Å². The summed E-state index contributed by atoms with van der Waals surface area (Å²) in [7, 11) is 1.52. The van der Waals surface area contributed by atoms with Crippen molar-refractivity contribution < 1.29 is 23.1 Å². The van der Waals surface area contributed by atoms with E-state index in [0.717, 1.165) is 49.6 Å². The van der Waals surface area contributed by atoms with Crippen molar-refractivity contribution in [2.75, 3.05) is 17.7 Å². The van der Waals surface area contributed by atoms with E-state index < -0.39 is 17.7 Å². The van der Waals surface area contributed by atoms with Crippen LogP contribution in [0.5, 0.6) is 11.5 Å². The van der Waals surface area contributed by atoms with Gasteiger partial charge < -0.3 is 15.4 Å². The van der Waals surface area contributed by atoms with Crippen molar-refractivity contribution in [3.8, 4) is 17.2 Å². The summed E-state index contributed by atoms with van der Waals surface area (Å²) in [6, 6.07) is 14.1. The van der Waals surface area contributed by atoms with Gasteiger partial charge in [0, 0.05) is 43.0 Å². The van der Waals surface area contributed by atoms with Crippen molar-refractivity contribution in [3.63, 3.8) is 0 Å². The molecule has 0 unspecified atom stereocenters. The van der Waals surface area contributed by atoms with Crippen molar-refractivity contribution in [1.29, 1.82) is 0 Å². The molecule has 39 heavy (non-hydrogen) atoms. The second-order valence-electron chi connectivity index (χ2n) is 9.14. The van der Waals surface area contributed by atoms with E-state index in [2.05, 4.69) is 26.0 Å². The predicted molar refractivity (Wildman–Crippen MR) is 141 cm³/mol. The molecular formula is C28H26F2N6O3. The van der Waals surface area contributed by atoms with Crippen molar-refractivity contribution in [2.45, 2.75) is 31.6 Å². The number of benzene rings is 2. The average Bonchev–Trinajstić information content (AvgIpc) is 3.59. The molecule has 0 spiro atoms. The molecule has 11 heteroatoms. The Bertz CT molecular complexity index is 1480. The molecule has 9 nitrogen and oxygen atoms in total. The van der Waals surface area contributed by atoms with Gasteiger partial charge in [0.2, 0.25) is 0 Å². The Morgan fingerprint density at radius 2 is 1.64 bits per heavy atom. The molecular weight excluding hydrogens is 506 g/mol. The zero-order valence-corrected chi connectivity index (χ0v) is 21.1. The Morgan fingerprint density at radius 3 is 2.33 bits per heavy atom. The lowest BCUT2D eigenvalue weighted by Gasteiger charge is -2.11. The number of ether oxygens (including phenoxy) is 1. The molecule has 2 heterocycles. The first-order chi connectivity index (χ1) is 18.9. The quantitative estimate of drug-likeness (QED) is 0.271. The van der Waals surface area contributed by atoms with E-state index in [4.69, 9.17) is 4.74 Å². The number of amides is 3. The number of rotatable bonds is 7. The maximum atomic E-state index is 13.9. The van der Waals surface area contributed by atoms with Gasteiger partial charge in [-0.2, -0.15) is 5.10 Å². The van der Waals surface area contributed by atoms with Gasteiger partial charge in [0.05, 0.1) is 11.4 Å². The first kappa shape index (κ1) is 25.8. The van der Waals surface area contributed by atoms with Crippen LogP contribution in [0.15, 0.2) is 66.9 Å². The lowest BCUT2D eigenvalue weighted by Crippen LogP contribution is -2.21. The molecule has 1 saturated carbocycles. The van der Waals surface area contributed by atoms with Gasteiger partial charge >= 0.3 is 6.03 Å². The minimum absolute atomic E-state index is 0.171. The van der Waals surface area contributed by atoms with Gasteiger partial charge in [-0.1, -0.05) is 12.8 Å². The van der Waals surface area contributed by atoms with Crippen LogP contribution in [0.4, 0.5) is 25.1 Å². The van der Waals surface area contributed by atoms with Crippen molar-refractivity contribution in [3.05, 3.63) is 89.9 Å². The Hall–Kier alpha value is -4.80. The second-order valence-corrected chi connectivity index (χ2v) is 9.14. The van der Waals surface area contributed by atoms with Crippen molar-refractivity contribution >= 4 is 23.4 Å². The summed E-state index contributed by atoms with van der Waals surface area (Å²) < 4.78 is 35.0. The molecule has 1 aliphatic carbocycles. The van der Waals surface area contributed by atoms with Gasteiger partial charge in [-0.25, -0.2) is 18.3 Å². The summed E-state index contributed by atoms with van der Waals surface area (Å²) in [6.07, 6.45) is 5.60. The highest BCUT2D eigenvalue weighted by molar-refractivity contribution is 5.99. The van der Waals surface area contributed by atoms with Gasteiger partial charge in [0.25, 0.3) is 5.91 Å². The Kier molecular flexibility index (Phi) is 7.48. The van der Waals surface area contributed by atoms with E-state index in [1.165, 1.54) is 24.0 Å². The zero-order chi connectivity index (χ0) is 27.4. The smallest absolute Gasteiger partial charge is 0.324 e. The first-order valence-corrected chi connectivity index (χ1v) is 12.5. The summed E-state index contributed by atoms with van der Waals surface area (Å²) in [5, 5.41) is 12.6. The number of anilines is 2. The maximum absolute atomic E-state index is 13.9. The molecule has 0 saturated heterocycles. The second kappa shape index (κ2) is 11.3. The van der Waals surface area contributed by atoms with E-state index in [9.17, 15) is 18.4 Å². The van der Waals surface area contributed by atoms with Gasteiger partial charge in [-0.3, -0.25) is 15.1 Å². The van der Waals surface area contributed by atoms with E-state index in [1.54, 1.807) is 36.4 Å². The highest BCUT2D eigenvalue weighted by Crippen LogP contribution is 2.35. The van der Waals surface area contributed by atoms with Gasteiger partial charge in [-0.15, -0.1) is 0 Å². The van der Waals surface area contributed by atoms with E-state index >= 15 is 0 Å². The van der Waals surface area contributed by atoms with Crippen LogP contribution in [-0.2, 0) is 0 Å². The molecule has 4 aromatic rings. The fourth-order valence-corrected chi connectivity index (χ4v) is 4.52. The average molecular weight is 533 g/mol. The number of hydrogen-bond acceptors (Lipinski definition) is 5. The third-order valence-corrected chi connectivity index (χ3v) is 6.37. The largest absolute Gasteiger partial charge is 0.457 e. The lowest BCUT2D eigenvalue weighted by atomic mass is 10.0. The number of urea groups is 1. The molecule has 0 bridgehead atoms. The molecule has 3 amide bonds. The molecule has 2 aromatic heterocycles. The third-order valence-electron chi connectivity index (χ3n) is 6.37. The van der Waals surface area contributed by atoms with Crippen LogP contribution in [0.1, 0.15) is 47.8 Å². The van der Waals surface area contributed by atoms with Crippen LogP contribution >= 0.6 is 0 Å². The molecule has 1 aliphatic rings. The zero-order valence-electron chi connectivity index (χ0n) is 21.1. The van der Waals surface area contributed by atoms with Crippen molar-refractivity contribution in [1.82, 2.24) is 20.1 Å². The summed E-state index contributed by atoms with van der Waals surface area (Å²) in [5.74, 6) is -0.359. The van der Waals surface area contributed by atoms with Crippen LogP contribution in [-0.4, -0.2) is 33.8 Å². The standard InChI is InChI=1S/C28H26F2N6O3/c1-31-27(37)25-15-23(10-11-32-25)39-22-8-6-20(7-9-22)33-28(38)34-26-16-24(17-4-2-3-5-17)35-36(26)21-13-18(29)12-19(30)14-21/h6-17H,2-5H2,1H3,(H,31,37)(H2,33,34,38). The van der Waals surface area contributed by atoms with E-state index in [-0.39, 0.29) is 23.2 Å². The SMILES string of the molecule is CNC(=O)c1cc(Oc2ccc(NC(=O)Nc3cc(C4CCCC4)nn3-c3cc(F)cc(F)c3)cc2)ccn1. The summed E-state index contributed by atoms with van der Waals surface area (Å²) in [5.41, 5.74) is 1.65. The van der Waals surface area contributed by atoms with Crippen LogP contribution in [0, 0.1) is 11.6 Å². The summed E-state index contributed by atoms with van der Waals surface area (Å²) >= 11 is 0. The van der Waals surface area contributed by atoms with E-state index in [1.807, 2.05) is 0 Å². The molecule has 3 N–H and O–H groups in total. The number of aromatic nitrogens is 3. The monoisotopic (exact) mass is 532 g/mol. The fraction of sp³-hybridized carbons (Fsp3) is 0.214. The molecule has 0 radical (unpaired) electrons. The summed E-state index contributed by atoms with van der Waals surface area (Å²) in [4.78, 5) is 28.6. The topological polar surface area (TPSA) is 110 Å². The van der Waals surface area contributed by atoms with Crippen molar-refractivity contribution in [2.24, 2.45) is 0 Å². The molecule has 0 atom stereocenters. The maximum Gasteiger partial charge on any atom is 0.324 e. The number of carbonyl (C=O) groups excluding carboxylic acids is 2. The first-order valence-electron chi connectivity index (χ1n) is 12.5. The number of nitrogens with zero attached hydrogens (tertiary/aromatic N) is 3. The number of nitrogens with one attached hydrogen (secondary N) is 3. The molecule has 1 fully saturated rings. The number of halogens is 2. The van der Waals surface area contributed by atoms with E-state index in [0.29, 0.717) is 23.0 Å². The number of carbonyl (C=O) groups is 2. The highest BCUT2D eigenvalue weighted by Gasteiger charge is 2.23. The van der Waals surface area contributed by atoms with Gasteiger partial charge in [-0.05, 0) is 55.3 Å². The molecule has 0 aliphatic heterocycles. The van der Waals surface area contributed by atoms with Gasteiger partial charge in [0.1, 0.15) is 34.6 Å². The number of pyridine rings is 1. The third kappa shape index (κ3) is 6.20. The lowest BCUT2D eigenvalue weighted by molar-refractivity contribution is 0.0957. The molecule has 200 valence electrons. The Morgan fingerprint density at radius 1 is 0.923 bits per heavy atom. The minimum atomic E-state index is -0.739. The highest BCUT2D eigenvalue weighted by atomic mass is 19.1. The predicted octanol–water partition coefficient (Wildman–Crippen LogP) is 6.00. The van der Waals surface area contributed by atoms with Gasteiger partial charge in [0.15, 0.2) is 0 Å². The fourth-order valence-electron chi connectivity index (χ4n) is 4.52. The Labute approximate surface area is 223 Å². The molecule has 2 aromatic carbocycles. The number of hydrogen-bond donors (Lipinski definition) is 3. The van der Waals surface area contributed by atoms with Crippen LogP contribution in [0.2, 0.25) is 0 Å².